The topological polar surface area (TPSA) is 72.2 Å². The van der Waals surface area contributed by atoms with Crippen LogP contribution in [0.4, 0.5) is 0 Å². The first-order chi connectivity index (χ1) is 8.97. The van der Waals surface area contributed by atoms with Gasteiger partial charge < -0.3 is 5.32 Å². The van der Waals surface area contributed by atoms with Gasteiger partial charge in [-0.2, -0.15) is 0 Å². The fraction of sp³-hybridized carbons (Fsp3) is 0.500. The fourth-order valence-corrected chi connectivity index (χ4v) is 2.07. The molecular weight excluding hydrogens is 244 g/mol. The van der Waals surface area contributed by atoms with E-state index < -0.39 is 12.1 Å². The monoisotopic (exact) mass is 264 g/mol. The molecule has 0 spiro atoms. The van der Waals surface area contributed by atoms with Crippen LogP contribution in [0.1, 0.15) is 37.6 Å². The van der Waals surface area contributed by atoms with E-state index in [2.05, 4.69) is 5.32 Å². The summed E-state index contributed by atoms with van der Waals surface area (Å²) in [6.07, 6.45) is 0.394. The van der Waals surface area contributed by atoms with E-state index in [0.29, 0.717) is 12.0 Å². The van der Waals surface area contributed by atoms with Gasteiger partial charge in [0.2, 0.25) is 6.04 Å². The lowest BCUT2D eigenvalue weighted by Crippen LogP contribution is -2.49. The summed E-state index contributed by atoms with van der Waals surface area (Å²) in [5.41, 5.74) is 0.520. The number of rotatable bonds is 6. The first kappa shape index (κ1) is 15.1. The Morgan fingerprint density at radius 1 is 1.32 bits per heavy atom. The lowest BCUT2D eigenvalue weighted by molar-refractivity contribution is -0.528. The summed E-state index contributed by atoms with van der Waals surface area (Å²) in [4.78, 5) is 22.8. The van der Waals surface area contributed by atoms with Gasteiger partial charge in [0.05, 0.1) is 6.04 Å². The first-order valence-corrected chi connectivity index (χ1v) is 6.46. The average molecular weight is 264 g/mol. The molecule has 1 N–H and O–H groups in total. The van der Waals surface area contributed by atoms with E-state index in [0.717, 1.165) is 0 Å². The van der Waals surface area contributed by atoms with Crippen LogP contribution in [0.2, 0.25) is 0 Å². The lowest BCUT2D eigenvalue weighted by atomic mass is 9.94. The molecule has 0 fully saturated rings. The summed E-state index contributed by atoms with van der Waals surface area (Å²) in [6.45, 7) is 5.52. The van der Waals surface area contributed by atoms with Crippen molar-refractivity contribution in [2.45, 2.75) is 39.3 Å². The summed E-state index contributed by atoms with van der Waals surface area (Å²) in [5, 5.41) is 13.8. The Kier molecular flexibility index (Phi) is 5.48. The van der Waals surface area contributed by atoms with Crippen LogP contribution >= 0.6 is 0 Å². The minimum atomic E-state index is -0.757. The van der Waals surface area contributed by atoms with E-state index in [1.807, 2.05) is 19.9 Å². The number of carbonyl (C=O) groups excluding carboxylic acids is 1. The molecule has 0 aromatic heterocycles. The number of amides is 1. The van der Waals surface area contributed by atoms with Gasteiger partial charge in [0.15, 0.2) is 0 Å². The maximum atomic E-state index is 12.1. The van der Waals surface area contributed by atoms with Gasteiger partial charge in [0.25, 0.3) is 5.91 Å². The number of hydrogen-bond acceptors (Lipinski definition) is 3. The molecule has 1 aromatic rings. The molecule has 0 radical (unpaired) electrons. The van der Waals surface area contributed by atoms with Crippen molar-refractivity contribution in [3.8, 4) is 0 Å². The summed E-state index contributed by atoms with van der Waals surface area (Å²) in [6, 6.07) is 7.52. The highest BCUT2D eigenvalue weighted by atomic mass is 16.6. The molecular formula is C14H20N2O3. The minimum absolute atomic E-state index is 0.00279. The maximum absolute atomic E-state index is 12.1. The van der Waals surface area contributed by atoms with Crippen molar-refractivity contribution in [3.63, 3.8) is 0 Å². The van der Waals surface area contributed by atoms with Crippen molar-refractivity contribution >= 4 is 5.91 Å². The third-order valence-electron chi connectivity index (χ3n) is 3.16. The minimum Gasteiger partial charge on any atom is -0.342 e. The van der Waals surface area contributed by atoms with Crippen LogP contribution in [-0.4, -0.2) is 22.9 Å². The Labute approximate surface area is 113 Å². The lowest BCUT2D eigenvalue weighted by Gasteiger charge is -2.24. The highest BCUT2D eigenvalue weighted by molar-refractivity contribution is 5.94. The first-order valence-electron chi connectivity index (χ1n) is 6.46. The summed E-state index contributed by atoms with van der Waals surface area (Å²) >= 11 is 0. The molecule has 0 aliphatic carbocycles. The second kappa shape index (κ2) is 6.87. The predicted octanol–water partition coefficient (Wildman–Crippen LogP) is 2.50. The van der Waals surface area contributed by atoms with Gasteiger partial charge in [-0.15, -0.1) is 0 Å². The molecule has 104 valence electrons. The van der Waals surface area contributed by atoms with Crippen molar-refractivity contribution in [2.24, 2.45) is 5.92 Å². The second-order valence-electron chi connectivity index (χ2n) is 4.87. The molecule has 0 saturated carbocycles. The molecule has 5 heteroatoms. The molecule has 19 heavy (non-hydrogen) atoms. The molecule has 2 atom stereocenters. The van der Waals surface area contributed by atoms with Crippen LogP contribution in [0.5, 0.6) is 0 Å². The van der Waals surface area contributed by atoms with Crippen molar-refractivity contribution < 1.29 is 9.72 Å². The van der Waals surface area contributed by atoms with Gasteiger partial charge in [-0.3, -0.25) is 14.9 Å². The Morgan fingerprint density at radius 3 is 2.32 bits per heavy atom. The zero-order valence-electron chi connectivity index (χ0n) is 11.5. The number of carbonyl (C=O) groups is 1. The number of benzene rings is 1. The van der Waals surface area contributed by atoms with Gasteiger partial charge in [-0.05, 0) is 18.1 Å². The quantitative estimate of drug-likeness (QED) is 0.633. The molecule has 0 bridgehead atoms. The zero-order valence-corrected chi connectivity index (χ0v) is 11.5. The Bertz CT molecular complexity index is 432. The van der Waals surface area contributed by atoms with Gasteiger partial charge >= 0.3 is 0 Å². The van der Waals surface area contributed by atoms with E-state index in [4.69, 9.17) is 0 Å². The third-order valence-corrected chi connectivity index (χ3v) is 3.16. The normalized spacial score (nSPS) is 13.9. The summed E-state index contributed by atoms with van der Waals surface area (Å²) in [5.74, 6) is -0.261. The van der Waals surface area contributed by atoms with Crippen LogP contribution in [0.3, 0.4) is 0 Å². The van der Waals surface area contributed by atoms with Gasteiger partial charge in [0, 0.05) is 16.9 Å². The second-order valence-corrected chi connectivity index (χ2v) is 4.87. The molecule has 2 unspecified atom stereocenters. The molecule has 1 rings (SSSR count). The van der Waals surface area contributed by atoms with Gasteiger partial charge in [-0.25, -0.2) is 0 Å². The highest BCUT2D eigenvalue weighted by Crippen LogP contribution is 2.13. The molecule has 1 aromatic carbocycles. The van der Waals surface area contributed by atoms with Crippen LogP contribution in [-0.2, 0) is 0 Å². The predicted molar refractivity (Wildman–Crippen MR) is 73.6 cm³/mol. The van der Waals surface area contributed by atoms with Crippen LogP contribution in [0.25, 0.3) is 0 Å². The Balaban J connectivity index is 2.85. The van der Waals surface area contributed by atoms with E-state index in [1.54, 1.807) is 31.2 Å². The number of nitro groups is 1. The third kappa shape index (κ3) is 4.05. The number of nitrogens with one attached hydrogen (secondary N) is 1. The fourth-order valence-electron chi connectivity index (χ4n) is 2.07. The average Bonchev–Trinajstić information content (AvgIpc) is 2.38. The molecule has 0 saturated heterocycles. The zero-order chi connectivity index (χ0) is 14.4. The molecule has 1 amide bonds. The van der Waals surface area contributed by atoms with Crippen molar-refractivity contribution in [1.82, 2.24) is 5.32 Å². The largest absolute Gasteiger partial charge is 0.342 e. The molecule has 0 aliphatic heterocycles. The van der Waals surface area contributed by atoms with Crippen LogP contribution in [0.15, 0.2) is 30.3 Å². The van der Waals surface area contributed by atoms with E-state index in [1.165, 1.54) is 0 Å². The SMILES string of the molecule is CCC(C(NC(=O)c1ccccc1)C(C)C)[N+](=O)[O-]. The van der Waals surface area contributed by atoms with Crippen LogP contribution in [0, 0.1) is 16.0 Å². The van der Waals surface area contributed by atoms with Gasteiger partial charge in [0.1, 0.15) is 0 Å². The summed E-state index contributed by atoms with van der Waals surface area (Å²) < 4.78 is 0. The molecule has 5 nitrogen and oxygen atoms in total. The van der Waals surface area contributed by atoms with Crippen molar-refractivity contribution in [3.05, 3.63) is 46.0 Å². The molecule has 0 aliphatic rings. The van der Waals surface area contributed by atoms with E-state index >= 15 is 0 Å². The van der Waals surface area contributed by atoms with E-state index in [-0.39, 0.29) is 16.7 Å². The number of nitrogens with zero attached hydrogens (tertiary/aromatic N) is 1. The van der Waals surface area contributed by atoms with Crippen LogP contribution < -0.4 is 5.32 Å². The smallest absolute Gasteiger partial charge is 0.251 e. The highest BCUT2D eigenvalue weighted by Gasteiger charge is 2.33. The molecule has 0 heterocycles. The van der Waals surface area contributed by atoms with Crippen molar-refractivity contribution in [2.75, 3.05) is 0 Å². The standard InChI is InChI=1S/C14H20N2O3/c1-4-12(16(18)19)13(10(2)3)15-14(17)11-8-6-5-7-9-11/h5-10,12-13H,4H2,1-3H3,(H,15,17). The Morgan fingerprint density at radius 2 is 1.89 bits per heavy atom. The van der Waals surface area contributed by atoms with E-state index in [9.17, 15) is 14.9 Å². The van der Waals surface area contributed by atoms with Gasteiger partial charge in [-0.1, -0.05) is 39.0 Å². The summed E-state index contributed by atoms with van der Waals surface area (Å²) in [7, 11) is 0. The maximum Gasteiger partial charge on any atom is 0.251 e. The number of hydrogen-bond donors (Lipinski definition) is 1. The van der Waals surface area contributed by atoms with Crippen molar-refractivity contribution in [1.29, 1.82) is 0 Å². The Hall–Kier alpha value is -1.91.